The van der Waals surface area contributed by atoms with Crippen LogP contribution in [0.5, 0.6) is 11.5 Å². The Balaban J connectivity index is 0.000000486. The Morgan fingerprint density at radius 3 is 2.15 bits per heavy atom. The van der Waals surface area contributed by atoms with Gasteiger partial charge in [0, 0.05) is 30.1 Å². The first-order chi connectivity index (χ1) is 12.1. The van der Waals surface area contributed by atoms with E-state index in [1.165, 1.54) is 25.1 Å². The number of hydrogen-bond acceptors (Lipinski definition) is 4. The summed E-state index contributed by atoms with van der Waals surface area (Å²) in [5, 5.41) is 9.75. The molecule has 26 heavy (non-hydrogen) atoms. The summed E-state index contributed by atoms with van der Waals surface area (Å²) in [4.78, 5) is 22.6. The van der Waals surface area contributed by atoms with Gasteiger partial charge in [-0.1, -0.05) is 5.56 Å². The van der Waals surface area contributed by atoms with Gasteiger partial charge in [0.05, 0.1) is 5.56 Å². The summed E-state index contributed by atoms with van der Waals surface area (Å²) in [6.45, 7) is 1.25. The predicted octanol–water partition coefficient (Wildman–Crippen LogP) is 3.67. The summed E-state index contributed by atoms with van der Waals surface area (Å²) < 4.78 is 4.80. The molecule has 0 heterocycles. The van der Waals surface area contributed by atoms with Crippen LogP contribution in [0.1, 0.15) is 22.8 Å². The maximum Gasteiger partial charge on any atom is 0.308 e. The van der Waals surface area contributed by atoms with E-state index in [0.29, 0.717) is 0 Å². The molecule has 0 spiro atoms. The Kier molecular flexibility index (Phi) is 8.66. The van der Waals surface area contributed by atoms with Crippen molar-refractivity contribution in [1.29, 1.82) is 0 Å². The maximum atomic E-state index is 11.9. The van der Waals surface area contributed by atoms with E-state index in [-0.39, 0.29) is 34.1 Å². The van der Waals surface area contributed by atoms with Gasteiger partial charge in [-0.2, -0.15) is 18.1 Å². The standard InChI is InChI=1S/C16H11O4.C5H5.Fe/c1-11(17)20-13-7-8-14(16(19)10-13)15(18)9-6-12-4-2-3-5-12;1-2-4-5-3-1;/h2-5,7-8,10,19H,1H3;1-5H;/q-1;-5;. The number of carbonyl (C=O) groups is 2. The molecule has 0 aliphatic heterocycles. The Labute approximate surface area is 162 Å². The third kappa shape index (κ3) is 6.82. The van der Waals surface area contributed by atoms with Crippen molar-refractivity contribution >= 4 is 11.8 Å². The number of hydrogen-bond donors (Lipinski definition) is 1. The van der Waals surface area contributed by atoms with Crippen molar-refractivity contribution in [1.82, 2.24) is 0 Å². The van der Waals surface area contributed by atoms with Crippen molar-refractivity contribution in [3.05, 3.63) is 83.9 Å². The van der Waals surface area contributed by atoms with E-state index >= 15 is 0 Å². The monoisotopic (exact) mass is 388 g/mol. The summed E-state index contributed by atoms with van der Waals surface area (Å²) in [5.74, 6) is 4.05. The molecule has 4 nitrogen and oxygen atoms in total. The Morgan fingerprint density at radius 1 is 1.08 bits per heavy atom. The number of ketones is 1. The quantitative estimate of drug-likeness (QED) is 0.182. The van der Waals surface area contributed by atoms with Crippen LogP contribution in [0.25, 0.3) is 0 Å². The minimum atomic E-state index is -0.502. The zero-order valence-corrected chi connectivity index (χ0v) is 15.1. The van der Waals surface area contributed by atoms with Gasteiger partial charge in [-0.3, -0.25) is 9.59 Å². The van der Waals surface area contributed by atoms with Crippen molar-refractivity contribution in [3.8, 4) is 23.3 Å². The number of aromatic hydroxyl groups is 1. The molecule has 3 aromatic rings. The number of ether oxygens (including phenoxy) is 1. The van der Waals surface area contributed by atoms with Crippen molar-refractivity contribution in [3.63, 3.8) is 0 Å². The average Bonchev–Trinajstić information content (AvgIpc) is 3.28. The van der Waals surface area contributed by atoms with E-state index in [0.717, 1.165) is 5.56 Å². The fourth-order valence-electron chi connectivity index (χ4n) is 1.91. The van der Waals surface area contributed by atoms with Crippen molar-refractivity contribution < 1.29 is 36.5 Å². The molecule has 0 amide bonds. The van der Waals surface area contributed by atoms with Crippen LogP contribution in [-0.4, -0.2) is 16.9 Å². The summed E-state index contributed by atoms with van der Waals surface area (Å²) in [6, 6.07) is 21.2. The predicted molar refractivity (Wildman–Crippen MR) is 94.7 cm³/mol. The minimum Gasteiger partial charge on any atom is -0.748 e. The smallest absolute Gasteiger partial charge is 0.308 e. The summed E-state index contributed by atoms with van der Waals surface area (Å²) >= 11 is 0. The minimum absolute atomic E-state index is 0. The van der Waals surface area contributed by atoms with E-state index < -0.39 is 11.8 Å². The molecule has 0 bridgehead atoms. The van der Waals surface area contributed by atoms with E-state index in [9.17, 15) is 14.7 Å². The molecular weight excluding hydrogens is 372 g/mol. The number of carbonyl (C=O) groups excluding carboxylic acids is 2. The largest absolute Gasteiger partial charge is 0.748 e. The normalized spacial score (nSPS) is 8.81. The average molecular weight is 388 g/mol. The first-order valence-corrected chi connectivity index (χ1v) is 7.52. The summed E-state index contributed by atoms with van der Waals surface area (Å²) in [5.41, 5.74) is 0.800. The third-order valence-electron chi connectivity index (χ3n) is 3.01. The summed E-state index contributed by atoms with van der Waals surface area (Å²) in [6.07, 6.45) is 0. The second-order valence-corrected chi connectivity index (χ2v) is 4.99. The SMILES string of the molecule is CC(=O)Oc1ccc(C(=O)C#C[c-]2cccc2)c(O)c1.[Fe].[cH-]1[cH-][cH-][cH-][cH-]1. The molecule has 0 aliphatic rings. The van der Waals surface area contributed by atoms with Gasteiger partial charge in [0.2, 0.25) is 0 Å². The maximum absolute atomic E-state index is 11.9. The molecule has 138 valence electrons. The third-order valence-corrected chi connectivity index (χ3v) is 3.01. The van der Waals surface area contributed by atoms with Gasteiger partial charge in [-0.05, 0) is 12.1 Å². The van der Waals surface area contributed by atoms with Gasteiger partial charge in [-0.25, -0.2) is 0 Å². The number of phenols is 1. The van der Waals surface area contributed by atoms with Crippen LogP contribution in [0.4, 0.5) is 0 Å². The molecule has 0 saturated heterocycles. The number of phenolic OH excluding ortho intramolecular Hbond substituents is 1. The molecule has 0 aromatic heterocycles. The van der Waals surface area contributed by atoms with Crippen molar-refractivity contribution in [2.45, 2.75) is 6.92 Å². The number of rotatable bonds is 2. The van der Waals surface area contributed by atoms with Gasteiger partial charge in [0.1, 0.15) is 11.5 Å². The van der Waals surface area contributed by atoms with E-state index in [1.807, 2.05) is 42.5 Å². The first-order valence-electron chi connectivity index (χ1n) is 7.52. The van der Waals surface area contributed by atoms with Crippen LogP contribution >= 0.6 is 0 Å². The Hall–Kier alpha value is -3.06. The second kappa shape index (κ2) is 10.7. The molecule has 0 radical (unpaired) electrons. The number of esters is 1. The van der Waals surface area contributed by atoms with Crippen LogP contribution < -0.4 is 4.74 Å². The fraction of sp³-hybridized carbons (Fsp3) is 0.0476. The molecule has 0 aliphatic carbocycles. The Morgan fingerprint density at radius 2 is 1.65 bits per heavy atom. The number of Topliss-reactive ketones (excluding diaryl/α,β-unsaturated/α-hetero) is 1. The molecule has 3 aromatic carbocycles. The zero-order valence-electron chi connectivity index (χ0n) is 14.0. The Bertz CT molecular complexity index is 865. The van der Waals surface area contributed by atoms with Crippen LogP contribution in [0.15, 0.2) is 72.8 Å². The molecule has 3 rings (SSSR count). The van der Waals surface area contributed by atoms with Crippen molar-refractivity contribution in [2.24, 2.45) is 0 Å². The van der Waals surface area contributed by atoms with Gasteiger partial charge in [0.25, 0.3) is 0 Å². The molecule has 0 fully saturated rings. The van der Waals surface area contributed by atoms with Crippen LogP contribution in [0.2, 0.25) is 0 Å². The van der Waals surface area contributed by atoms with Crippen LogP contribution in [0.3, 0.4) is 0 Å². The van der Waals surface area contributed by atoms with Gasteiger partial charge < -0.3 is 40.2 Å². The van der Waals surface area contributed by atoms with Gasteiger partial charge in [0.15, 0.2) is 5.78 Å². The molecule has 1 N–H and O–H groups in total. The molecule has 0 atom stereocenters. The van der Waals surface area contributed by atoms with Crippen LogP contribution in [0, 0.1) is 11.8 Å². The molecular formula is C21H16FeO4-6. The number of benzene rings is 1. The van der Waals surface area contributed by atoms with Crippen LogP contribution in [-0.2, 0) is 21.9 Å². The van der Waals surface area contributed by atoms with E-state index in [2.05, 4.69) is 11.8 Å². The molecule has 0 saturated carbocycles. The van der Waals surface area contributed by atoms with Gasteiger partial charge >= 0.3 is 5.97 Å². The second-order valence-electron chi connectivity index (χ2n) is 4.99. The zero-order chi connectivity index (χ0) is 18.1. The van der Waals surface area contributed by atoms with E-state index in [4.69, 9.17) is 4.74 Å². The van der Waals surface area contributed by atoms with Crippen molar-refractivity contribution in [2.75, 3.05) is 0 Å². The molecule has 0 unspecified atom stereocenters. The van der Waals surface area contributed by atoms with E-state index in [1.54, 1.807) is 12.1 Å². The first kappa shape index (κ1) is 21.0. The summed E-state index contributed by atoms with van der Waals surface area (Å²) in [7, 11) is 0. The fourth-order valence-corrected chi connectivity index (χ4v) is 1.91. The topological polar surface area (TPSA) is 63.6 Å². The molecule has 5 heteroatoms. The van der Waals surface area contributed by atoms with Gasteiger partial charge in [-0.15, -0.1) is 18.1 Å².